The molecule has 0 heterocycles. The topological polar surface area (TPSA) is 26.3 Å². The molecule has 0 atom stereocenters. The van der Waals surface area contributed by atoms with E-state index in [9.17, 15) is 22.4 Å². The molecule has 0 spiro atoms. The molecule has 1 aromatic rings. The predicted molar refractivity (Wildman–Crippen MR) is 54.6 cm³/mol. The molecule has 98 valence electrons. The van der Waals surface area contributed by atoms with Crippen LogP contribution in [0.15, 0.2) is 30.3 Å². The summed E-state index contributed by atoms with van der Waals surface area (Å²) < 4.78 is 58.1. The van der Waals surface area contributed by atoms with Gasteiger partial charge in [-0.1, -0.05) is 30.3 Å². The maximum absolute atomic E-state index is 13.4. The molecule has 0 saturated heterocycles. The molecule has 1 saturated carbocycles. The first-order valence-electron chi connectivity index (χ1n) is 5.32. The van der Waals surface area contributed by atoms with Gasteiger partial charge in [0.25, 0.3) is 0 Å². The number of hydrogen-bond donors (Lipinski definition) is 0. The third-order valence-corrected chi connectivity index (χ3v) is 3.06. The summed E-state index contributed by atoms with van der Waals surface area (Å²) >= 11 is 0. The van der Waals surface area contributed by atoms with E-state index in [4.69, 9.17) is 0 Å². The molecule has 18 heavy (non-hydrogen) atoms. The molecule has 0 amide bonds. The molecule has 1 aliphatic rings. The summed E-state index contributed by atoms with van der Waals surface area (Å²) in [6.07, 6.45) is 0. The monoisotopic (exact) mass is 262 g/mol. The smallest absolute Gasteiger partial charge is 0.338 e. The lowest BCUT2D eigenvalue weighted by molar-refractivity contribution is -0.150. The molecule has 1 aliphatic carbocycles. The van der Waals surface area contributed by atoms with Crippen molar-refractivity contribution < 1.29 is 27.1 Å². The molecule has 2 nitrogen and oxygen atoms in total. The van der Waals surface area contributed by atoms with Gasteiger partial charge in [-0.3, -0.25) is 4.79 Å². The van der Waals surface area contributed by atoms with Gasteiger partial charge in [-0.15, -0.1) is 0 Å². The molecule has 0 N–H and O–H groups in total. The van der Waals surface area contributed by atoms with Crippen LogP contribution in [0.5, 0.6) is 0 Å². The maximum Gasteiger partial charge on any atom is 0.338 e. The van der Waals surface area contributed by atoms with Crippen LogP contribution in [0.1, 0.15) is 12.5 Å². The summed E-state index contributed by atoms with van der Waals surface area (Å²) in [6.45, 7) is 1.13. The number of carbonyl (C=O) groups is 1. The van der Waals surface area contributed by atoms with Gasteiger partial charge in [-0.25, -0.2) is 0 Å². The number of carbonyl (C=O) groups excluding carboxylic acids is 1. The molecule has 0 radical (unpaired) electrons. The summed E-state index contributed by atoms with van der Waals surface area (Å²) in [5.74, 6) is -10.4. The van der Waals surface area contributed by atoms with Crippen molar-refractivity contribution >= 4 is 5.97 Å². The normalized spacial score (nSPS) is 22.3. The zero-order valence-electron chi connectivity index (χ0n) is 9.42. The van der Waals surface area contributed by atoms with Crippen LogP contribution >= 0.6 is 0 Å². The molecule has 1 fully saturated rings. The van der Waals surface area contributed by atoms with Crippen molar-refractivity contribution in [1.82, 2.24) is 0 Å². The van der Waals surface area contributed by atoms with Gasteiger partial charge in [0.05, 0.1) is 6.61 Å². The molecule has 0 unspecified atom stereocenters. The largest absolute Gasteiger partial charge is 0.465 e. The van der Waals surface area contributed by atoms with Gasteiger partial charge in [-0.2, -0.15) is 17.6 Å². The van der Waals surface area contributed by atoms with Crippen LogP contribution in [0.25, 0.3) is 0 Å². The van der Waals surface area contributed by atoms with Crippen LogP contribution in [-0.4, -0.2) is 24.4 Å². The summed E-state index contributed by atoms with van der Waals surface area (Å²) in [7, 11) is 0. The van der Waals surface area contributed by atoms with E-state index in [1.54, 1.807) is 0 Å². The van der Waals surface area contributed by atoms with Gasteiger partial charge >= 0.3 is 17.8 Å². The van der Waals surface area contributed by atoms with E-state index in [1.165, 1.54) is 25.1 Å². The number of rotatable bonds is 3. The fourth-order valence-corrected chi connectivity index (χ4v) is 2.08. The highest BCUT2D eigenvalue weighted by Gasteiger charge is 3.01. The van der Waals surface area contributed by atoms with E-state index in [0.29, 0.717) is 0 Å². The average molecular weight is 262 g/mol. The first-order valence-corrected chi connectivity index (χ1v) is 5.32. The average Bonchev–Trinajstić information content (AvgIpc) is 2.67. The van der Waals surface area contributed by atoms with Gasteiger partial charge in [0, 0.05) is 0 Å². The van der Waals surface area contributed by atoms with Crippen LogP contribution < -0.4 is 0 Å². The minimum Gasteiger partial charge on any atom is -0.465 e. The number of halogens is 4. The molecule has 2 rings (SSSR count). The quantitative estimate of drug-likeness (QED) is 0.618. The maximum atomic E-state index is 13.4. The fourth-order valence-electron chi connectivity index (χ4n) is 2.08. The highest BCUT2D eigenvalue weighted by atomic mass is 19.3. The first-order chi connectivity index (χ1) is 8.34. The Balaban J connectivity index is 2.55. The lowest BCUT2D eigenvalue weighted by Crippen LogP contribution is -2.31. The number of esters is 1. The highest BCUT2D eigenvalue weighted by molar-refractivity contribution is 5.92. The molecule has 0 bridgehead atoms. The van der Waals surface area contributed by atoms with Gasteiger partial charge in [0.15, 0.2) is 0 Å². The Morgan fingerprint density at radius 1 is 1.11 bits per heavy atom. The predicted octanol–water partition coefficient (Wildman–Crippen LogP) is 2.77. The van der Waals surface area contributed by atoms with Crippen molar-refractivity contribution in [2.75, 3.05) is 6.61 Å². The van der Waals surface area contributed by atoms with Gasteiger partial charge in [-0.05, 0) is 12.5 Å². The Bertz CT molecular complexity index is 456. The second-order valence-corrected chi connectivity index (χ2v) is 3.99. The zero-order chi connectivity index (χ0) is 13.6. The number of alkyl halides is 4. The molecule has 0 aliphatic heterocycles. The molecule has 6 heteroatoms. The first kappa shape index (κ1) is 12.9. The van der Waals surface area contributed by atoms with Crippen molar-refractivity contribution in [3.8, 4) is 0 Å². The second kappa shape index (κ2) is 3.70. The summed E-state index contributed by atoms with van der Waals surface area (Å²) in [6, 6.07) is 6.28. The number of benzene rings is 1. The SMILES string of the molecule is CCOC(=O)C1(c2ccccc2)C(F)(F)C1(F)F. The van der Waals surface area contributed by atoms with Crippen LogP contribution in [0.2, 0.25) is 0 Å². The molecular formula is C12H10F4O2. The molecule has 0 aromatic heterocycles. The van der Waals surface area contributed by atoms with E-state index in [0.717, 1.165) is 12.1 Å². The summed E-state index contributed by atoms with van der Waals surface area (Å²) in [5.41, 5.74) is -3.62. The van der Waals surface area contributed by atoms with E-state index in [2.05, 4.69) is 4.74 Å². The number of hydrogen-bond acceptors (Lipinski definition) is 2. The number of ether oxygens (including phenoxy) is 1. The Hall–Kier alpha value is -1.59. The molecule has 1 aromatic carbocycles. The summed E-state index contributed by atoms with van der Waals surface area (Å²) in [4.78, 5) is 11.6. The second-order valence-electron chi connectivity index (χ2n) is 3.99. The van der Waals surface area contributed by atoms with Crippen LogP contribution in [0.4, 0.5) is 17.6 Å². The Morgan fingerprint density at radius 3 is 2.00 bits per heavy atom. The Kier molecular flexibility index (Phi) is 2.64. The minimum atomic E-state index is -4.42. The van der Waals surface area contributed by atoms with Crippen molar-refractivity contribution in [2.45, 2.75) is 24.2 Å². The van der Waals surface area contributed by atoms with Gasteiger partial charge in [0.2, 0.25) is 5.41 Å². The fraction of sp³-hybridized carbons (Fsp3) is 0.417. The van der Waals surface area contributed by atoms with Crippen molar-refractivity contribution in [2.24, 2.45) is 0 Å². The minimum absolute atomic E-state index is 0.237. The lowest BCUT2D eigenvalue weighted by atomic mass is 9.94. The zero-order valence-corrected chi connectivity index (χ0v) is 9.42. The van der Waals surface area contributed by atoms with E-state index in [-0.39, 0.29) is 6.61 Å². The highest BCUT2D eigenvalue weighted by Crippen LogP contribution is 2.73. The Labute approximate surface area is 101 Å². The van der Waals surface area contributed by atoms with E-state index >= 15 is 0 Å². The molecular weight excluding hydrogens is 252 g/mol. The van der Waals surface area contributed by atoms with Crippen LogP contribution in [-0.2, 0) is 14.9 Å². The van der Waals surface area contributed by atoms with E-state index < -0.39 is 28.8 Å². The van der Waals surface area contributed by atoms with Crippen LogP contribution in [0, 0.1) is 0 Å². The van der Waals surface area contributed by atoms with Crippen molar-refractivity contribution in [1.29, 1.82) is 0 Å². The summed E-state index contributed by atoms with van der Waals surface area (Å²) in [5, 5.41) is 0. The van der Waals surface area contributed by atoms with Crippen LogP contribution in [0.3, 0.4) is 0 Å². The lowest BCUT2D eigenvalue weighted by Gasteiger charge is -2.13. The van der Waals surface area contributed by atoms with Gasteiger partial charge in [0.1, 0.15) is 0 Å². The van der Waals surface area contributed by atoms with Crippen molar-refractivity contribution in [3.05, 3.63) is 35.9 Å². The third kappa shape index (κ3) is 1.20. The third-order valence-electron chi connectivity index (χ3n) is 3.06. The Morgan fingerprint density at radius 2 is 1.61 bits per heavy atom. The van der Waals surface area contributed by atoms with Gasteiger partial charge < -0.3 is 4.74 Å². The van der Waals surface area contributed by atoms with E-state index in [1.807, 2.05) is 0 Å². The standard InChI is InChI=1S/C12H10F4O2/c1-2-18-9(17)10(8-6-4-3-5-7-8)11(13,14)12(10,15)16/h3-7H,2H2,1H3. The van der Waals surface area contributed by atoms with Crippen molar-refractivity contribution in [3.63, 3.8) is 0 Å².